The van der Waals surface area contributed by atoms with Crippen LogP contribution in [0.1, 0.15) is 40.8 Å². The van der Waals surface area contributed by atoms with Gasteiger partial charge in [-0.15, -0.1) is 5.10 Å². The Bertz CT molecular complexity index is 1030. The number of fused-ring (bicyclic) bond motifs is 2. The number of ether oxygens (including phenoxy) is 2. The molecule has 0 radical (unpaired) electrons. The second-order valence-electron chi connectivity index (χ2n) is 6.93. The molecule has 5 rings (SSSR count). The van der Waals surface area contributed by atoms with Gasteiger partial charge in [-0.05, 0) is 49.4 Å². The zero-order valence-electron chi connectivity index (χ0n) is 14.9. The fourth-order valence-electron chi connectivity index (χ4n) is 3.36. The second-order valence-corrected chi connectivity index (χ2v) is 6.93. The average Bonchev–Trinajstić information content (AvgIpc) is 3.43. The Morgan fingerprint density at radius 1 is 1.22 bits per heavy atom. The van der Waals surface area contributed by atoms with Gasteiger partial charge in [-0.2, -0.15) is 4.98 Å². The lowest BCUT2D eigenvalue weighted by molar-refractivity contribution is 0.0921. The number of benzene rings is 1. The van der Waals surface area contributed by atoms with Crippen molar-refractivity contribution in [1.29, 1.82) is 0 Å². The van der Waals surface area contributed by atoms with Crippen LogP contribution in [0.25, 0.3) is 5.78 Å². The largest absolute Gasteiger partial charge is 0.486 e. The van der Waals surface area contributed by atoms with Gasteiger partial charge in [0, 0.05) is 11.9 Å². The summed E-state index contributed by atoms with van der Waals surface area (Å²) >= 11 is 0. The Balaban J connectivity index is 1.42. The quantitative estimate of drug-likeness (QED) is 0.761. The summed E-state index contributed by atoms with van der Waals surface area (Å²) in [5.74, 6) is 2.13. The SMILES string of the molecule is Cc1ccnc2nc(C(=O)NC(c3ccc4c(c3)OCCO4)C3CC3)nn12. The van der Waals surface area contributed by atoms with Crippen molar-refractivity contribution in [2.75, 3.05) is 13.2 Å². The van der Waals surface area contributed by atoms with Crippen molar-refractivity contribution in [3.8, 4) is 11.5 Å². The lowest BCUT2D eigenvalue weighted by Crippen LogP contribution is -2.31. The molecule has 27 heavy (non-hydrogen) atoms. The first-order chi connectivity index (χ1) is 13.2. The molecule has 3 aromatic rings. The second kappa shape index (κ2) is 6.22. The van der Waals surface area contributed by atoms with E-state index >= 15 is 0 Å². The number of aryl methyl sites for hydroxylation is 1. The number of carbonyl (C=O) groups is 1. The van der Waals surface area contributed by atoms with Gasteiger partial charge in [0.1, 0.15) is 13.2 Å². The van der Waals surface area contributed by atoms with E-state index in [4.69, 9.17) is 9.47 Å². The molecule has 1 N–H and O–H groups in total. The molecule has 8 nitrogen and oxygen atoms in total. The Kier molecular flexibility index (Phi) is 3.70. The highest BCUT2D eigenvalue weighted by molar-refractivity contribution is 5.91. The summed E-state index contributed by atoms with van der Waals surface area (Å²) in [5.41, 5.74) is 1.88. The molecule has 2 aliphatic rings. The standard InChI is InChI=1S/C19H19N5O3/c1-11-6-7-20-19-22-17(23-24(11)19)18(25)21-16(12-2-3-12)13-4-5-14-15(10-13)27-9-8-26-14/h4-7,10,12,16H,2-3,8-9H2,1H3,(H,21,25). The fraction of sp³-hybridized carbons (Fsp3) is 0.368. The third-order valence-corrected chi connectivity index (χ3v) is 4.94. The zero-order valence-corrected chi connectivity index (χ0v) is 14.9. The van der Waals surface area contributed by atoms with Gasteiger partial charge in [0.05, 0.1) is 6.04 Å². The van der Waals surface area contributed by atoms with Crippen LogP contribution in [-0.2, 0) is 0 Å². The van der Waals surface area contributed by atoms with E-state index in [-0.39, 0.29) is 17.8 Å². The number of nitrogens with zero attached hydrogens (tertiary/aromatic N) is 4. The maximum absolute atomic E-state index is 12.8. The molecule has 8 heteroatoms. The highest BCUT2D eigenvalue weighted by Gasteiger charge is 2.35. The molecule has 138 valence electrons. The van der Waals surface area contributed by atoms with E-state index in [0.29, 0.717) is 24.9 Å². The molecular formula is C19H19N5O3. The first-order valence-electron chi connectivity index (χ1n) is 9.08. The number of hydrogen-bond acceptors (Lipinski definition) is 6. The van der Waals surface area contributed by atoms with E-state index < -0.39 is 0 Å². The maximum atomic E-state index is 12.8. The maximum Gasteiger partial charge on any atom is 0.291 e. The molecule has 1 aliphatic heterocycles. The molecule has 1 atom stereocenters. The van der Waals surface area contributed by atoms with Gasteiger partial charge in [0.2, 0.25) is 5.82 Å². The summed E-state index contributed by atoms with van der Waals surface area (Å²) in [5, 5.41) is 7.39. The van der Waals surface area contributed by atoms with Gasteiger partial charge in [0.25, 0.3) is 11.7 Å². The van der Waals surface area contributed by atoms with Crippen LogP contribution in [0.3, 0.4) is 0 Å². The van der Waals surface area contributed by atoms with Crippen LogP contribution in [0, 0.1) is 12.8 Å². The molecule has 1 aliphatic carbocycles. The van der Waals surface area contributed by atoms with E-state index in [1.54, 1.807) is 10.7 Å². The summed E-state index contributed by atoms with van der Waals surface area (Å²) in [4.78, 5) is 21.2. The monoisotopic (exact) mass is 365 g/mol. The first kappa shape index (κ1) is 16.0. The van der Waals surface area contributed by atoms with Crippen LogP contribution in [0.2, 0.25) is 0 Å². The highest BCUT2D eigenvalue weighted by atomic mass is 16.6. The topological polar surface area (TPSA) is 90.6 Å². The third-order valence-electron chi connectivity index (χ3n) is 4.94. The van der Waals surface area contributed by atoms with Crippen LogP contribution >= 0.6 is 0 Å². The Morgan fingerprint density at radius 2 is 2.04 bits per heavy atom. The van der Waals surface area contributed by atoms with Gasteiger partial charge in [-0.1, -0.05) is 6.07 Å². The molecule has 1 fully saturated rings. The van der Waals surface area contributed by atoms with Gasteiger partial charge in [-0.25, -0.2) is 9.50 Å². The summed E-state index contributed by atoms with van der Waals surface area (Å²) in [6, 6.07) is 7.57. The van der Waals surface area contributed by atoms with Crippen LogP contribution in [-0.4, -0.2) is 38.7 Å². The molecular weight excluding hydrogens is 346 g/mol. The van der Waals surface area contributed by atoms with E-state index in [0.717, 1.165) is 35.6 Å². The van der Waals surface area contributed by atoms with Gasteiger partial charge in [0.15, 0.2) is 11.5 Å². The van der Waals surface area contributed by atoms with Crippen LogP contribution in [0.15, 0.2) is 30.5 Å². The molecule has 0 spiro atoms. The fourth-order valence-corrected chi connectivity index (χ4v) is 3.36. The van der Waals surface area contributed by atoms with Crippen molar-refractivity contribution in [2.45, 2.75) is 25.8 Å². The highest BCUT2D eigenvalue weighted by Crippen LogP contribution is 2.43. The number of carbonyl (C=O) groups excluding carboxylic acids is 1. The molecule has 1 unspecified atom stereocenters. The number of nitrogens with one attached hydrogen (secondary N) is 1. The lowest BCUT2D eigenvalue weighted by atomic mass is 10.0. The van der Waals surface area contributed by atoms with Gasteiger partial charge < -0.3 is 14.8 Å². The Morgan fingerprint density at radius 3 is 2.81 bits per heavy atom. The summed E-state index contributed by atoms with van der Waals surface area (Å²) in [6.07, 6.45) is 3.82. The lowest BCUT2D eigenvalue weighted by Gasteiger charge is -2.22. The molecule has 1 amide bonds. The Labute approximate surface area is 155 Å². The molecule has 0 bridgehead atoms. The molecule has 2 aromatic heterocycles. The molecule has 0 saturated heterocycles. The minimum absolute atomic E-state index is 0.103. The first-order valence-corrected chi connectivity index (χ1v) is 9.08. The van der Waals surface area contributed by atoms with Gasteiger partial charge >= 0.3 is 0 Å². The molecule has 3 heterocycles. The van der Waals surface area contributed by atoms with E-state index in [1.165, 1.54) is 0 Å². The van der Waals surface area contributed by atoms with E-state index in [9.17, 15) is 4.79 Å². The van der Waals surface area contributed by atoms with Crippen molar-refractivity contribution >= 4 is 11.7 Å². The predicted octanol–water partition coefficient (Wildman–Crippen LogP) is 2.09. The van der Waals surface area contributed by atoms with Gasteiger partial charge in [-0.3, -0.25) is 4.79 Å². The van der Waals surface area contributed by atoms with Crippen LogP contribution < -0.4 is 14.8 Å². The number of aromatic nitrogens is 4. The van der Waals surface area contributed by atoms with Crippen molar-refractivity contribution in [3.05, 3.63) is 47.5 Å². The summed E-state index contributed by atoms with van der Waals surface area (Å²) in [6.45, 7) is 2.99. The minimum atomic E-state index is -0.299. The molecule has 1 aromatic carbocycles. The summed E-state index contributed by atoms with van der Waals surface area (Å²) < 4.78 is 12.8. The van der Waals surface area contributed by atoms with E-state index in [1.807, 2.05) is 31.2 Å². The average molecular weight is 365 g/mol. The number of amides is 1. The summed E-state index contributed by atoms with van der Waals surface area (Å²) in [7, 11) is 0. The number of rotatable bonds is 4. The normalized spacial score (nSPS) is 16.9. The predicted molar refractivity (Wildman–Crippen MR) is 95.9 cm³/mol. The van der Waals surface area contributed by atoms with E-state index in [2.05, 4.69) is 20.4 Å². The van der Waals surface area contributed by atoms with Crippen molar-refractivity contribution in [1.82, 2.24) is 24.9 Å². The van der Waals surface area contributed by atoms with Crippen LogP contribution in [0.5, 0.6) is 11.5 Å². The smallest absolute Gasteiger partial charge is 0.291 e. The minimum Gasteiger partial charge on any atom is -0.486 e. The third kappa shape index (κ3) is 2.97. The zero-order chi connectivity index (χ0) is 18.4. The number of hydrogen-bond donors (Lipinski definition) is 1. The van der Waals surface area contributed by atoms with Crippen molar-refractivity contribution in [2.24, 2.45) is 5.92 Å². The van der Waals surface area contributed by atoms with Crippen LogP contribution in [0.4, 0.5) is 0 Å². The van der Waals surface area contributed by atoms with Crippen molar-refractivity contribution in [3.63, 3.8) is 0 Å². The Hall–Kier alpha value is -3.16. The molecule has 1 saturated carbocycles. The van der Waals surface area contributed by atoms with Crippen molar-refractivity contribution < 1.29 is 14.3 Å².